The third kappa shape index (κ3) is 7.23. The Morgan fingerprint density at radius 3 is 2.75 bits per heavy atom. The summed E-state index contributed by atoms with van der Waals surface area (Å²) in [4.78, 5) is 0. The van der Waals surface area contributed by atoms with Gasteiger partial charge in [-0.2, -0.15) is 11.8 Å². The fourth-order valence-corrected chi connectivity index (χ4v) is 3.29. The fraction of sp³-hybridized carbons (Fsp3) is 0.316. The quantitative estimate of drug-likeness (QED) is 0.500. The van der Waals surface area contributed by atoms with Gasteiger partial charge in [-0.05, 0) is 49.0 Å². The van der Waals surface area contributed by atoms with Crippen molar-refractivity contribution in [3.8, 4) is 5.75 Å². The van der Waals surface area contributed by atoms with E-state index in [1.807, 2.05) is 43.0 Å². The third-order valence-corrected chi connectivity index (χ3v) is 4.63. The highest BCUT2D eigenvalue weighted by atomic mass is 32.2. The maximum Gasteiger partial charge on any atom is 0.170 e. The highest BCUT2D eigenvalue weighted by molar-refractivity contribution is 7.98. The van der Waals surface area contributed by atoms with E-state index in [4.69, 9.17) is 17.0 Å². The van der Waals surface area contributed by atoms with E-state index in [0.717, 1.165) is 35.9 Å². The summed E-state index contributed by atoms with van der Waals surface area (Å²) in [5.74, 6) is 3.03. The molecule has 2 rings (SSSR count). The zero-order chi connectivity index (χ0) is 17.0. The molecule has 2 aromatic carbocycles. The van der Waals surface area contributed by atoms with Crippen molar-refractivity contribution in [2.24, 2.45) is 0 Å². The smallest absolute Gasteiger partial charge is 0.170 e. The van der Waals surface area contributed by atoms with Crippen LogP contribution in [0.5, 0.6) is 5.75 Å². The van der Waals surface area contributed by atoms with Crippen LogP contribution < -0.4 is 15.4 Å². The third-order valence-electron chi connectivity index (χ3n) is 3.27. The summed E-state index contributed by atoms with van der Waals surface area (Å²) in [6.45, 7) is 3.51. The van der Waals surface area contributed by atoms with Gasteiger partial charge in [-0.25, -0.2) is 0 Å². The Labute approximate surface area is 154 Å². The van der Waals surface area contributed by atoms with Crippen LogP contribution in [-0.4, -0.2) is 24.0 Å². The summed E-state index contributed by atoms with van der Waals surface area (Å²) in [7, 11) is 0. The normalized spacial score (nSPS) is 10.2. The van der Waals surface area contributed by atoms with Crippen molar-refractivity contribution in [2.75, 3.05) is 24.2 Å². The van der Waals surface area contributed by atoms with E-state index >= 15 is 0 Å². The molecular weight excluding hydrogens is 336 g/mol. The number of thioether (sulfide) groups is 1. The minimum Gasteiger partial charge on any atom is -0.494 e. The average molecular weight is 361 g/mol. The number of hydrogen-bond acceptors (Lipinski definition) is 3. The molecule has 0 fully saturated rings. The van der Waals surface area contributed by atoms with Crippen molar-refractivity contribution >= 4 is 34.8 Å². The minimum atomic E-state index is 0.650. The second-order valence-electron chi connectivity index (χ2n) is 5.23. The summed E-state index contributed by atoms with van der Waals surface area (Å²) < 4.78 is 5.48. The Balaban J connectivity index is 1.59. The second-order valence-corrected chi connectivity index (χ2v) is 6.75. The van der Waals surface area contributed by atoms with Gasteiger partial charge in [-0.15, -0.1) is 0 Å². The van der Waals surface area contributed by atoms with Gasteiger partial charge in [0.25, 0.3) is 0 Å². The largest absolute Gasteiger partial charge is 0.494 e. The lowest BCUT2D eigenvalue weighted by Crippen LogP contribution is -2.29. The van der Waals surface area contributed by atoms with Crippen molar-refractivity contribution in [3.05, 3.63) is 60.2 Å². The lowest BCUT2D eigenvalue weighted by atomic mass is 10.2. The lowest BCUT2D eigenvalue weighted by Gasteiger charge is -2.11. The molecule has 0 bridgehead atoms. The monoisotopic (exact) mass is 360 g/mol. The highest BCUT2D eigenvalue weighted by Gasteiger charge is 2.00. The predicted octanol–water partition coefficient (Wildman–Crippen LogP) is 4.70. The molecule has 128 valence electrons. The van der Waals surface area contributed by atoms with Gasteiger partial charge in [0.2, 0.25) is 0 Å². The zero-order valence-corrected chi connectivity index (χ0v) is 15.6. The number of ether oxygens (including phenoxy) is 1. The molecule has 0 aromatic heterocycles. The number of nitrogens with one attached hydrogen (secondary N) is 2. The molecule has 0 saturated carbocycles. The summed E-state index contributed by atoms with van der Waals surface area (Å²) in [5.41, 5.74) is 2.32. The molecule has 0 spiro atoms. The molecule has 0 radical (unpaired) electrons. The summed E-state index contributed by atoms with van der Waals surface area (Å²) in [6, 6.07) is 18.4. The first-order valence-electron chi connectivity index (χ1n) is 8.17. The molecule has 3 nitrogen and oxygen atoms in total. The summed E-state index contributed by atoms with van der Waals surface area (Å²) in [5, 5.41) is 7.09. The summed E-state index contributed by atoms with van der Waals surface area (Å²) >= 11 is 7.28. The molecule has 0 atom stereocenters. The Morgan fingerprint density at radius 2 is 1.96 bits per heavy atom. The highest BCUT2D eigenvalue weighted by Crippen LogP contribution is 2.17. The van der Waals surface area contributed by atoms with Gasteiger partial charge < -0.3 is 15.4 Å². The van der Waals surface area contributed by atoms with Crippen molar-refractivity contribution < 1.29 is 4.74 Å². The van der Waals surface area contributed by atoms with Crippen LogP contribution in [0.15, 0.2) is 54.6 Å². The van der Waals surface area contributed by atoms with Crippen LogP contribution in [0.25, 0.3) is 0 Å². The van der Waals surface area contributed by atoms with Crippen LogP contribution in [0.1, 0.15) is 18.9 Å². The van der Waals surface area contributed by atoms with Crippen LogP contribution in [0.3, 0.4) is 0 Å². The average Bonchev–Trinajstić information content (AvgIpc) is 2.59. The first kappa shape index (κ1) is 18.6. The molecule has 0 aliphatic heterocycles. The molecule has 0 saturated heterocycles. The molecule has 0 amide bonds. The van der Waals surface area contributed by atoms with Crippen molar-refractivity contribution in [1.82, 2.24) is 5.32 Å². The summed E-state index contributed by atoms with van der Waals surface area (Å²) in [6.07, 6.45) is 1.08. The maximum atomic E-state index is 5.48. The molecular formula is C19H24N2OS2. The Bertz CT molecular complexity index is 620. The molecule has 0 unspecified atom stereocenters. The second kappa shape index (κ2) is 10.9. The predicted molar refractivity (Wildman–Crippen MR) is 109 cm³/mol. The standard InChI is InChI=1S/C19H24N2OS2/c1-2-22-18-11-6-10-17(14-18)21-19(23)20-12-7-13-24-15-16-8-4-3-5-9-16/h3-6,8-11,14H,2,7,12-13,15H2,1H3,(H2,20,21,23). The van der Waals surface area contributed by atoms with Crippen LogP contribution in [0.2, 0.25) is 0 Å². The number of hydrogen-bond donors (Lipinski definition) is 2. The van der Waals surface area contributed by atoms with Crippen LogP contribution in [0, 0.1) is 0 Å². The fourth-order valence-electron chi connectivity index (χ4n) is 2.15. The Kier molecular flexibility index (Phi) is 8.49. The zero-order valence-electron chi connectivity index (χ0n) is 14.0. The maximum absolute atomic E-state index is 5.48. The molecule has 0 heterocycles. The van der Waals surface area contributed by atoms with E-state index in [0.29, 0.717) is 11.7 Å². The van der Waals surface area contributed by atoms with E-state index in [1.54, 1.807) is 0 Å². The number of thiocarbonyl (C=S) groups is 1. The number of anilines is 1. The minimum absolute atomic E-state index is 0.650. The SMILES string of the molecule is CCOc1cccc(NC(=S)NCCCSCc2ccccc2)c1. The van der Waals surface area contributed by atoms with Crippen molar-refractivity contribution in [1.29, 1.82) is 0 Å². The van der Waals surface area contributed by atoms with E-state index < -0.39 is 0 Å². The molecule has 2 aromatic rings. The molecule has 0 aliphatic carbocycles. The molecule has 2 N–H and O–H groups in total. The van der Waals surface area contributed by atoms with Gasteiger partial charge >= 0.3 is 0 Å². The first-order chi connectivity index (χ1) is 11.8. The van der Waals surface area contributed by atoms with E-state index in [1.165, 1.54) is 5.56 Å². The number of benzene rings is 2. The van der Waals surface area contributed by atoms with Gasteiger partial charge in [-0.1, -0.05) is 36.4 Å². The van der Waals surface area contributed by atoms with Crippen LogP contribution in [0.4, 0.5) is 5.69 Å². The van der Waals surface area contributed by atoms with Gasteiger partial charge in [0.1, 0.15) is 5.75 Å². The van der Waals surface area contributed by atoms with Crippen molar-refractivity contribution in [3.63, 3.8) is 0 Å². The van der Waals surface area contributed by atoms with E-state index in [9.17, 15) is 0 Å². The van der Waals surface area contributed by atoms with Crippen LogP contribution >= 0.6 is 24.0 Å². The van der Waals surface area contributed by atoms with Gasteiger partial charge in [0.05, 0.1) is 6.61 Å². The molecule has 0 aliphatic rings. The Morgan fingerprint density at radius 1 is 1.12 bits per heavy atom. The van der Waals surface area contributed by atoms with Gasteiger partial charge in [0, 0.05) is 24.1 Å². The Hall–Kier alpha value is -1.72. The van der Waals surface area contributed by atoms with E-state index in [-0.39, 0.29) is 0 Å². The van der Waals surface area contributed by atoms with Crippen LogP contribution in [-0.2, 0) is 5.75 Å². The van der Waals surface area contributed by atoms with Gasteiger partial charge in [0.15, 0.2) is 5.11 Å². The van der Waals surface area contributed by atoms with Gasteiger partial charge in [-0.3, -0.25) is 0 Å². The topological polar surface area (TPSA) is 33.3 Å². The first-order valence-corrected chi connectivity index (χ1v) is 9.73. The van der Waals surface area contributed by atoms with Crippen molar-refractivity contribution in [2.45, 2.75) is 19.1 Å². The molecule has 5 heteroatoms. The lowest BCUT2D eigenvalue weighted by molar-refractivity contribution is 0.340. The number of rotatable bonds is 9. The van der Waals surface area contributed by atoms with E-state index in [2.05, 4.69) is 41.0 Å². The molecule has 24 heavy (non-hydrogen) atoms.